The average molecular weight is 291 g/mol. The summed E-state index contributed by atoms with van der Waals surface area (Å²) in [5, 5.41) is 1.10. The van der Waals surface area contributed by atoms with Gasteiger partial charge in [0, 0.05) is 30.6 Å². The minimum atomic E-state index is 0.450. The Hall–Kier alpha value is 0.400. The number of alkyl halides is 1. The van der Waals surface area contributed by atoms with E-state index in [0.717, 1.165) is 37.7 Å². The smallest absolute Gasteiger partial charge is 0.0530 e. The van der Waals surface area contributed by atoms with Crippen molar-refractivity contribution < 1.29 is 9.47 Å². The number of hydrogen-bond donors (Lipinski definition) is 0. The second-order valence-corrected chi connectivity index (χ2v) is 5.97. The zero-order valence-corrected chi connectivity index (χ0v) is 11.6. The van der Waals surface area contributed by atoms with E-state index in [0.29, 0.717) is 5.41 Å². The highest BCUT2D eigenvalue weighted by molar-refractivity contribution is 9.09. The molecule has 1 aliphatic carbocycles. The highest BCUT2D eigenvalue weighted by atomic mass is 79.9. The van der Waals surface area contributed by atoms with Crippen molar-refractivity contribution >= 4 is 15.9 Å². The van der Waals surface area contributed by atoms with Gasteiger partial charge in [-0.3, -0.25) is 0 Å². The van der Waals surface area contributed by atoms with Crippen molar-refractivity contribution in [1.82, 2.24) is 0 Å². The van der Waals surface area contributed by atoms with Crippen molar-refractivity contribution in [3.05, 3.63) is 0 Å². The van der Waals surface area contributed by atoms with Crippen molar-refractivity contribution in [1.29, 1.82) is 0 Å². The molecule has 1 saturated carbocycles. The standard InChI is InChI=1S/C13H23BrO2/c14-10-13(5-1-2-6-13)11-16-9-12-3-7-15-8-4-12/h12H,1-11H2. The zero-order chi connectivity index (χ0) is 11.3. The quantitative estimate of drug-likeness (QED) is 0.723. The van der Waals surface area contributed by atoms with E-state index in [1.807, 2.05) is 0 Å². The Morgan fingerprint density at radius 1 is 1.19 bits per heavy atom. The van der Waals surface area contributed by atoms with Crippen LogP contribution in [0.15, 0.2) is 0 Å². The van der Waals surface area contributed by atoms with Crippen LogP contribution in [0.3, 0.4) is 0 Å². The molecule has 0 bridgehead atoms. The molecule has 2 rings (SSSR count). The van der Waals surface area contributed by atoms with E-state index in [1.54, 1.807) is 0 Å². The number of halogens is 1. The highest BCUT2D eigenvalue weighted by Gasteiger charge is 2.33. The van der Waals surface area contributed by atoms with Crippen LogP contribution in [0.1, 0.15) is 38.5 Å². The van der Waals surface area contributed by atoms with Gasteiger partial charge in [0.2, 0.25) is 0 Å². The molecule has 2 aliphatic rings. The van der Waals surface area contributed by atoms with Crippen molar-refractivity contribution in [2.75, 3.05) is 31.8 Å². The summed E-state index contributed by atoms with van der Waals surface area (Å²) in [6.45, 7) is 3.75. The summed E-state index contributed by atoms with van der Waals surface area (Å²) in [4.78, 5) is 0. The molecule has 0 unspecified atom stereocenters. The molecule has 3 heteroatoms. The lowest BCUT2D eigenvalue weighted by molar-refractivity contribution is -0.00281. The Morgan fingerprint density at radius 3 is 2.50 bits per heavy atom. The molecule has 1 heterocycles. The van der Waals surface area contributed by atoms with Crippen LogP contribution in [0.5, 0.6) is 0 Å². The van der Waals surface area contributed by atoms with E-state index < -0.39 is 0 Å². The third-order valence-corrected chi connectivity index (χ3v) is 5.24. The molecule has 0 amide bonds. The summed E-state index contributed by atoms with van der Waals surface area (Å²) in [6.07, 6.45) is 7.80. The maximum atomic E-state index is 5.97. The van der Waals surface area contributed by atoms with Crippen molar-refractivity contribution in [3.8, 4) is 0 Å². The molecule has 0 atom stereocenters. The molecule has 0 N–H and O–H groups in total. The van der Waals surface area contributed by atoms with Gasteiger partial charge in [-0.25, -0.2) is 0 Å². The fourth-order valence-corrected chi connectivity index (χ4v) is 3.52. The number of ether oxygens (including phenoxy) is 2. The lowest BCUT2D eigenvalue weighted by Gasteiger charge is -2.28. The first-order chi connectivity index (χ1) is 7.85. The van der Waals surface area contributed by atoms with Crippen molar-refractivity contribution in [3.63, 3.8) is 0 Å². The SMILES string of the molecule is BrCC1(COCC2CCOCC2)CCCC1. The lowest BCUT2D eigenvalue weighted by Crippen LogP contribution is -2.28. The van der Waals surface area contributed by atoms with Gasteiger partial charge in [0.1, 0.15) is 0 Å². The number of hydrogen-bond acceptors (Lipinski definition) is 2. The summed E-state index contributed by atoms with van der Waals surface area (Å²) in [5.74, 6) is 0.738. The molecule has 1 aliphatic heterocycles. The van der Waals surface area contributed by atoms with E-state index in [-0.39, 0.29) is 0 Å². The Labute approximate surface area is 107 Å². The summed E-state index contributed by atoms with van der Waals surface area (Å²) < 4.78 is 11.3. The van der Waals surface area contributed by atoms with Crippen LogP contribution >= 0.6 is 15.9 Å². The van der Waals surface area contributed by atoms with Gasteiger partial charge in [0.05, 0.1) is 6.61 Å². The van der Waals surface area contributed by atoms with Gasteiger partial charge >= 0.3 is 0 Å². The fraction of sp³-hybridized carbons (Fsp3) is 1.00. The molecular formula is C13H23BrO2. The molecule has 0 radical (unpaired) electrons. The Bertz CT molecular complexity index is 196. The summed E-state index contributed by atoms with van der Waals surface area (Å²) in [5.41, 5.74) is 0.450. The van der Waals surface area contributed by atoms with Crippen molar-refractivity contribution in [2.45, 2.75) is 38.5 Å². The fourth-order valence-electron chi connectivity index (χ4n) is 2.80. The normalized spacial score (nSPS) is 26.1. The number of rotatable bonds is 5. The summed E-state index contributed by atoms with van der Waals surface area (Å²) >= 11 is 3.66. The molecule has 2 fully saturated rings. The van der Waals surface area contributed by atoms with Crippen LogP contribution in [-0.2, 0) is 9.47 Å². The van der Waals surface area contributed by atoms with E-state index in [1.165, 1.54) is 38.5 Å². The molecule has 0 aromatic rings. The molecule has 0 aromatic heterocycles. The van der Waals surface area contributed by atoms with Crippen LogP contribution < -0.4 is 0 Å². The Balaban J connectivity index is 1.66. The molecule has 16 heavy (non-hydrogen) atoms. The minimum absolute atomic E-state index is 0.450. The van der Waals surface area contributed by atoms with Crippen LogP contribution in [0.2, 0.25) is 0 Å². The predicted molar refractivity (Wildman–Crippen MR) is 69.1 cm³/mol. The van der Waals surface area contributed by atoms with Gasteiger partial charge in [-0.05, 0) is 31.6 Å². The highest BCUT2D eigenvalue weighted by Crippen LogP contribution is 2.39. The van der Waals surface area contributed by atoms with E-state index in [9.17, 15) is 0 Å². The largest absolute Gasteiger partial charge is 0.381 e. The minimum Gasteiger partial charge on any atom is -0.381 e. The Morgan fingerprint density at radius 2 is 1.88 bits per heavy atom. The molecular weight excluding hydrogens is 268 g/mol. The van der Waals surface area contributed by atoms with Crippen LogP contribution in [0.25, 0.3) is 0 Å². The first-order valence-corrected chi connectivity index (χ1v) is 7.68. The average Bonchev–Trinajstić information content (AvgIpc) is 2.80. The van der Waals surface area contributed by atoms with Gasteiger partial charge in [-0.1, -0.05) is 28.8 Å². The van der Waals surface area contributed by atoms with Gasteiger partial charge in [0.25, 0.3) is 0 Å². The van der Waals surface area contributed by atoms with Gasteiger partial charge in [-0.2, -0.15) is 0 Å². The monoisotopic (exact) mass is 290 g/mol. The second-order valence-electron chi connectivity index (χ2n) is 5.41. The third-order valence-electron chi connectivity index (χ3n) is 4.05. The summed E-state index contributed by atoms with van der Waals surface area (Å²) in [7, 11) is 0. The zero-order valence-electron chi connectivity index (χ0n) is 10.0. The molecule has 94 valence electrons. The van der Waals surface area contributed by atoms with Gasteiger partial charge in [0.15, 0.2) is 0 Å². The van der Waals surface area contributed by atoms with Crippen LogP contribution in [0, 0.1) is 11.3 Å². The second kappa shape index (κ2) is 6.36. The van der Waals surface area contributed by atoms with Gasteiger partial charge < -0.3 is 9.47 Å². The van der Waals surface area contributed by atoms with Gasteiger partial charge in [-0.15, -0.1) is 0 Å². The molecule has 2 nitrogen and oxygen atoms in total. The maximum absolute atomic E-state index is 5.97. The van der Waals surface area contributed by atoms with E-state index >= 15 is 0 Å². The molecule has 1 saturated heterocycles. The molecule has 0 aromatic carbocycles. The topological polar surface area (TPSA) is 18.5 Å². The van der Waals surface area contributed by atoms with Crippen LogP contribution in [0.4, 0.5) is 0 Å². The molecule has 0 spiro atoms. The first-order valence-electron chi connectivity index (χ1n) is 6.56. The maximum Gasteiger partial charge on any atom is 0.0530 e. The predicted octanol–water partition coefficient (Wildman–Crippen LogP) is 3.38. The van der Waals surface area contributed by atoms with E-state index in [4.69, 9.17) is 9.47 Å². The summed E-state index contributed by atoms with van der Waals surface area (Å²) in [6, 6.07) is 0. The Kier molecular flexibility index (Phi) is 5.11. The van der Waals surface area contributed by atoms with Crippen LogP contribution in [-0.4, -0.2) is 31.8 Å². The first kappa shape index (κ1) is 12.8. The lowest BCUT2D eigenvalue weighted by atomic mass is 9.90. The van der Waals surface area contributed by atoms with E-state index in [2.05, 4.69) is 15.9 Å². The van der Waals surface area contributed by atoms with Crippen molar-refractivity contribution in [2.24, 2.45) is 11.3 Å². The third kappa shape index (κ3) is 3.44.